The van der Waals surface area contributed by atoms with E-state index < -0.39 is 0 Å². The second-order valence-corrected chi connectivity index (χ2v) is 6.87. The van der Waals surface area contributed by atoms with Crippen LogP contribution in [0.4, 0.5) is 0 Å². The first kappa shape index (κ1) is 15.3. The fraction of sp³-hybridized carbons (Fsp3) is 0.526. The maximum Gasteiger partial charge on any atom is 0.181 e. The molecular formula is C19H26N2O. The molecule has 1 saturated carbocycles. The van der Waals surface area contributed by atoms with E-state index in [1.807, 2.05) is 37.4 Å². The van der Waals surface area contributed by atoms with E-state index in [4.69, 9.17) is 0 Å². The van der Waals surface area contributed by atoms with Gasteiger partial charge in [-0.25, -0.2) is 0 Å². The van der Waals surface area contributed by atoms with E-state index in [0.717, 1.165) is 22.4 Å². The molecule has 1 aromatic heterocycles. The standard InChI is InChI=1S/C19H26N2O/c1-12-7-6-10-17(13(12)2)21-14(3)19(22)16-11-20-18-9-5-4-8-15(16)18/h4-5,8-9,11-14,17,20-21H,6-7,10H2,1-3H3/t12-,13+,14-,17-/m0/s1. The lowest BCUT2D eigenvalue weighted by molar-refractivity contribution is 0.0924. The minimum atomic E-state index is -0.142. The van der Waals surface area contributed by atoms with E-state index in [1.54, 1.807) is 0 Å². The normalized spacial score (nSPS) is 27.0. The van der Waals surface area contributed by atoms with Crippen molar-refractivity contribution in [1.29, 1.82) is 0 Å². The van der Waals surface area contributed by atoms with Gasteiger partial charge in [0.15, 0.2) is 5.78 Å². The molecular weight excluding hydrogens is 272 g/mol. The molecule has 1 aliphatic carbocycles. The number of para-hydroxylation sites is 1. The van der Waals surface area contributed by atoms with Gasteiger partial charge in [0.25, 0.3) is 0 Å². The number of hydrogen-bond acceptors (Lipinski definition) is 2. The number of ketones is 1. The van der Waals surface area contributed by atoms with E-state index in [0.29, 0.717) is 12.0 Å². The maximum absolute atomic E-state index is 12.8. The zero-order chi connectivity index (χ0) is 15.7. The third-order valence-electron chi connectivity index (χ3n) is 5.42. The van der Waals surface area contributed by atoms with E-state index in [2.05, 4.69) is 24.1 Å². The van der Waals surface area contributed by atoms with Gasteiger partial charge in [0.2, 0.25) is 0 Å². The Hall–Kier alpha value is -1.61. The maximum atomic E-state index is 12.8. The molecule has 118 valence electrons. The SMILES string of the molecule is C[C@H]1[C@@H](N[C@@H](C)C(=O)c2c[nH]c3ccccc23)CCC[C@@H]1C. The second-order valence-electron chi connectivity index (χ2n) is 6.87. The summed E-state index contributed by atoms with van der Waals surface area (Å²) in [6.45, 7) is 6.63. The average Bonchev–Trinajstić information content (AvgIpc) is 2.95. The average molecular weight is 298 g/mol. The molecule has 3 rings (SSSR count). The van der Waals surface area contributed by atoms with E-state index in [9.17, 15) is 4.79 Å². The van der Waals surface area contributed by atoms with Crippen molar-refractivity contribution in [3.8, 4) is 0 Å². The van der Waals surface area contributed by atoms with Crippen LogP contribution in [0.15, 0.2) is 30.5 Å². The summed E-state index contributed by atoms with van der Waals surface area (Å²) < 4.78 is 0. The summed E-state index contributed by atoms with van der Waals surface area (Å²) in [6.07, 6.45) is 5.59. The number of carbonyl (C=O) groups excluding carboxylic acids is 1. The van der Waals surface area contributed by atoms with Crippen molar-refractivity contribution in [2.24, 2.45) is 11.8 Å². The third kappa shape index (κ3) is 2.82. The highest BCUT2D eigenvalue weighted by Crippen LogP contribution is 2.30. The Bertz CT molecular complexity index is 660. The van der Waals surface area contributed by atoms with Crippen molar-refractivity contribution in [2.45, 2.75) is 52.1 Å². The molecule has 1 fully saturated rings. The molecule has 22 heavy (non-hydrogen) atoms. The summed E-state index contributed by atoms with van der Waals surface area (Å²) in [7, 11) is 0. The van der Waals surface area contributed by atoms with Crippen LogP contribution < -0.4 is 5.32 Å². The van der Waals surface area contributed by atoms with Gasteiger partial charge in [-0.1, -0.05) is 44.9 Å². The molecule has 1 aromatic carbocycles. The van der Waals surface area contributed by atoms with Crippen LogP contribution in [0.25, 0.3) is 10.9 Å². The Morgan fingerprint density at radius 1 is 1.27 bits per heavy atom. The van der Waals surface area contributed by atoms with E-state index in [1.165, 1.54) is 19.3 Å². The summed E-state index contributed by atoms with van der Waals surface area (Å²) in [6, 6.07) is 8.30. The number of fused-ring (bicyclic) bond motifs is 1. The summed E-state index contributed by atoms with van der Waals surface area (Å²) in [5.74, 6) is 1.55. The van der Waals surface area contributed by atoms with Crippen molar-refractivity contribution >= 4 is 16.7 Å². The largest absolute Gasteiger partial charge is 0.360 e. The minimum absolute atomic E-state index is 0.142. The molecule has 4 atom stereocenters. The van der Waals surface area contributed by atoms with E-state index >= 15 is 0 Å². The van der Waals surface area contributed by atoms with Crippen LogP contribution in [0.5, 0.6) is 0 Å². The topological polar surface area (TPSA) is 44.9 Å². The van der Waals surface area contributed by atoms with Crippen molar-refractivity contribution in [1.82, 2.24) is 10.3 Å². The van der Waals surface area contributed by atoms with Crippen LogP contribution in [-0.4, -0.2) is 22.9 Å². The van der Waals surface area contributed by atoms with Gasteiger partial charge in [-0.3, -0.25) is 4.79 Å². The molecule has 0 bridgehead atoms. The summed E-state index contributed by atoms with van der Waals surface area (Å²) >= 11 is 0. The van der Waals surface area contributed by atoms with Gasteiger partial charge in [0, 0.05) is 28.7 Å². The lowest BCUT2D eigenvalue weighted by atomic mass is 9.77. The first-order chi connectivity index (χ1) is 10.6. The second kappa shape index (κ2) is 6.25. The molecule has 3 nitrogen and oxygen atoms in total. The Morgan fingerprint density at radius 3 is 2.86 bits per heavy atom. The Kier molecular flexibility index (Phi) is 4.34. The number of Topliss-reactive ketones (excluding diaryl/α,β-unsaturated/α-hetero) is 1. The highest BCUT2D eigenvalue weighted by Gasteiger charge is 2.29. The summed E-state index contributed by atoms with van der Waals surface area (Å²) in [4.78, 5) is 16.0. The number of nitrogens with one attached hydrogen (secondary N) is 2. The van der Waals surface area contributed by atoms with Crippen molar-refractivity contribution in [3.05, 3.63) is 36.0 Å². The quantitative estimate of drug-likeness (QED) is 0.833. The lowest BCUT2D eigenvalue weighted by Gasteiger charge is -2.36. The van der Waals surface area contributed by atoms with Crippen molar-refractivity contribution < 1.29 is 4.79 Å². The van der Waals surface area contributed by atoms with Crippen LogP contribution in [-0.2, 0) is 0 Å². The van der Waals surface area contributed by atoms with Crippen LogP contribution in [0, 0.1) is 11.8 Å². The fourth-order valence-electron chi connectivity index (χ4n) is 3.72. The summed E-state index contributed by atoms with van der Waals surface area (Å²) in [5.41, 5.74) is 1.82. The van der Waals surface area contributed by atoms with Gasteiger partial charge in [-0.15, -0.1) is 0 Å². The molecule has 2 N–H and O–H groups in total. The number of hydrogen-bond donors (Lipinski definition) is 2. The van der Waals surface area contributed by atoms with Crippen LogP contribution in [0.3, 0.4) is 0 Å². The van der Waals surface area contributed by atoms with Crippen LogP contribution in [0.2, 0.25) is 0 Å². The number of rotatable bonds is 4. The zero-order valence-corrected chi connectivity index (χ0v) is 13.7. The zero-order valence-electron chi connectivity index (χ0n) is 13.7. The lowest BCUT2D eigenvalue weighted by Crippen LogP contribution is -2.47. The van der Waals surface area contributed by atoms with Gasteiger partial charge in [0.1, 0.15) is 0 Å². The van der Waals surface area contributed by atoms with Gasteiger partial charge >= 0.3 is 0 Å². The highest BCUT2D eigenvalue weighted by atomic mass is 16.1. The van der Waals surface area contributed by atoms with Gasteiger partial charge in [-0.2, -0.15) is 0 Å². The van der Waals surface area contributed by atoms with Crippen molar-refractivity contribution in [3.63, 3.8) is 0 Å². The minimum Gasteiger partial charge on any atom is -0.360 e. The molecule has 0 saturated heterocycles. The predicted octanol–water partition coefficient (Wildman–Crippen LogP) is 4.15. The molecule has 0 spiro atoms. The number of H-pyrrole nitrogens is 1. The molecule has 0 aliphatic heterocycles. The first-order valence-electron chi connectivity index (χ1n) is 8.44. The van der Waals surface area contributed by atoms with Crippen LogP contribution in [0.1, 0.15) is 50.4 Å². The third-order valence-corrected chi connectivity index (χ3v) is 5.42. The Labute approximate surface area is 132 Å². The monoisotopic (exact) mass is 298 g/mol. The molecule has 1 aliphatic rings. The van der Waals surface area contributed by atoms with Crippen LogP contribution >= 0.6 is 0 Å². The molecule has 0 radical (unpaired) electrons. The highest BCUT2D eigenvalue weighted by molar-refractivity contribution is 6.10. The molecule has 3 heteroatoms. The Balaban J connectivity index is 1.74. The molecule has 1 heterocycles. The van der Waals surface area contributed by atoms with E-state index in [-0.39, 0.29) is 11.8 Å². The van der Waals surface area contributed by atoms with Crippen molar-refractivity contribution in [2.75, 3.05) is 0 Å². The Morgan fingerprint density at radius 2 is 2.05 bits per heavy atom. The molecule has 0 amide bonds. The number of aromatic nitrogens is 1. The summed E-state index contributed by atoms with van der Waals surface area (Å²) in [5, 5.41) is 4.61. The van der Waals surface area contributed by atoms with Gasteiger partial charge in [-0.05, 0) is 31.2 Å². The number of benzene rings is 1. The predicted molar refractivity (Wildman–Crippen MR) is 91.2 cm³/mol. The number of carbonyl (C=O) groups is 1. The molecule has 2 aromatic rings. The first-order valence-corrected chi connectivity index (χ1v) is 8.44. The number of aromatic amines is 1. The fourth-order valence-corrected chi connectivity index (χ4v) is 3.72. The molecule has 0 unspecified atom stereocenters. The van der Waals surface area contributed by atoms with Gasteiger partial charge in [0.05, 0.1) is 6.04 Å². The van der Waals surface area contributed by atoms with Gasteiger partial charge < -0.3 is 10.3 Å². The smallest absolute Gasteiger partial charge is 0.181 e.